The summed E-state index contributed by atoms with van der Waals surface area (Å²) in [4.78, 5) is 17.9. The van der Waals surface area contributed by atoms with Crippen LogP contribution in [0.5, 0.6) is 0 Å². The molecule has 0 bridgehead atoms. The van der Waals surface area contributed by atoms with Gasteiger partial charge in [-0.3, -0.25) is 4.79 Å². The molecule has 0 amide bonds. The van der Waals surface area contributed by atoms with Crippen molar-refractivity contribution in [2.75, 3.05) is 0 Å². The average Bonchev–Trinajstić information content (AvgIpc) is 2.63. The van der Waals surface area contributed by atoms with Gasteiger partial charge in [-0.15, -0.1) is 0 Å². The Kier molecular flexibility index (Phi) is 4.72. The summed E-state index contributed by atoms with van der Waals surface area (Å²) in [5.74, 6) is 0.476. The number of rotatable bonds is 4. The number of benzene rings is 2. The minimum absolute atomic E-state index is 0.0275. The fourth-order valence-corrected chi connectivity index (χ4v) is 3.42. The number of ether oxygens (including phenoxy) is 1. The minimum Gasteiger partial charge on any atom is -0.466 e. The number of ketones is 1. The van der Waals surface area contributed by atoms with Crippen molar-refractivity contribution in [2.45, 2.75) is 38.3 Å². The van der Waals surface area contributed by atoms with E-state index in [4.69, 9.17) is 21.3 Å². The summed E-state index contributed by atoms with van der Waals surface area (Å²) >= 11 is 6.41. The van der Waals surface area contributed by atoms with Gasteiger partial charge in [-0.1, -0.05) is 61.8 Å². The van der Waals surface area contributed by atoms with Crippen LogP contribution in [0.3, 0.4) is 0 Å². The number of halogens is 1. The van der Waals surface area contributed by atoms with E-state index in [0.29, 0.717) is 23.8 Å². The average molecular weight is 342 g/mol. The van der Waals surface area contributed by atoms with E-state index in [2.05, 4.69) is 0 Å². The first-order valence-corrected chi connectivity index (χ1v) is 8.61. The molecule has 0 saturated heterocycles. The van der Waals surface area contributed by atoms with Crippen molar-refractivity contribution in [2.24, 2.45) is 4.99 Å². The molecule has 0 fully saturated rings. The first-order chi connectivity index (χ1) is 11.6. The normalized spacial score (nSPS) is 23.5. The van der Waals surface area contributed by atoms with Crippen molar-refractivity contribution in [1.29, 1.82) is 0 Å². The first-order valence-electron chi connectivity index (χ1n) is 8.23. The number of carbonyl (C=O) groups excluding carboxylic acids is 1. The highest BCUT2D eigenvalue weighted by Crippen LogP contribution is 2.40. The van der Waals surface area contributed by atoms with Gasteiger partial charge in [0.2, 0.25) is 11.7 Å². The molecule has 2 atom stereocenters. The van der Waals surface area contributed by atoms with Crippen molar-refractivity contribution in [1.82, 2.24) is 0 Å². The molecular formula is C20H20ClNO2. The molecule has 1 aliphatic heterocycles. The lowest BCUT2D eigenvalue weighted by molar-refractivity contribution is -0.134. The van der Waals surface area contributed by atoms with Gasteiger partial charge >= 0.3 is 0 Å². The van der Waals surface area contributed by atoms with Crippen LogP contribution < -0.4 is 0 Å². The van der Waals surface area contributed by atoms with Gasteiger partial charge in [0.25, 0.3) is 0 Å². The molecule has 124 valence electrons. The van der Waals surface area contributed by atoms with Crippen LogP contribution in [0.25, 0.3) is 0 Å². The fraction of sp³-hybridized carbons (Fsp3) is 0.300. The number of aliphatic imine (C=N–C) groups is 1. The predicted molar refractivity (Wildman–Crippen MR) is 96.6 cm³/mol. The Morgan fingerprint density at radius 2 is 1.75 bits per heavy atom. The molecule has 2 unspecified atom stereocenters. The van der Waals surface area contributed by atoms with Crippen LogP contribution in [0.4, 0.5) is 0 Å². The van der Waals surface area contributed by atoms with Gasteiger partial charge in [0, 0.05) is 16.1 Å². The zero-order chi connectivity index (χ0) is 17.2. The third kappa shape index (κ3) is 2.73. The molecule has 1 heterocycles. The Bertz CT molecular complexity index is 772. The lowest BCUT2D eigenvalue weighted by Crippen LogP contribution is -2.47. The molecule has 2 aromatic rings. The van der Waals surface area contributed by atoms with Crippen molar-refractivity contribution in [3.05, 3.63) is 70.7 Å². The van der Waals surface area contributed by atoms with E-state index >= 15 is 0 Å². The summed E-state index contributed by atoms with van der Waals surface area (Å²) < 4.78 is 5.91. The van der Waals surface area contributed by atoms with Crippen LogP contribution in [-0.2, 0) is 15.1 Å². The Morgan fingerprint density at radius 1 is 1.08 bits per heavy atom. The van der Waals surface area contributed by atoms with E-state index in [1.54, 1.807) is 6.07 Å². The standard InChI is InChI=1S/C20H20ClNO2/c1-3-17-18(23)20(4-2,15-12-8-9-13-16(15)21)22-19(24-17)14-10-6-5-7-11-14/h5-13,17H,3-4H2,1-2H3. The topological polar surface area (TPSA) is 38.7 Å². The zero-order valence-corrected chi connectivity index (χ0v) is 14.6. The number of Topliss-reactive ketones (excluding diaryl/α,β-unsaturated/α-hetero) is 1. The van der Waals surface area contributed by atoms with Gasteiger partial charge in [0.15, 0.2) is 11.6 Å². The van der Waals surface area contributed by atoms with Crippen LogP contribution in [0.2, 0.25) is 5.02 Å². The summed E-state index contributed by atoms with van der Waals surface area (Å²) in [5, 5.41) is 0.556. The summed E-state index contributed by atoms with van der Waals surface area (Å²) in [5.41, 5.74) is 0.616. The molecule has 1 aliphatic rings. The third-order valence-corrected chi connectivity index (χ3v) is 4.80. The zero-order valence-electron chi connectivity index (χ0n) is 13.8. The number of carbonyl (C=O) groups is 1. The maximum atomic E-state index is 13.1. The molecule has 0 aromatic heterocycles. The molecule has 0 saturated carbocycles. The van der Waals surface area contributed by atoms with E-state index in [9.17, 15) is 4.79 Å². The van der Waals surface area contributed by atoms with Crippen molar-refractivity contribution in [3.63, 3.8) is 0 Å². The van der Waals surface area contributed by atoms with E-state index in [0.717, 1.165) is 11.1 Å². The van der Waals surface area contributed by atoms with E-state index in [1.165, 1.54) is 0 Å². The Morgan fingerprint density at radius 3 is 2.38 bits per heavy atom. The van der Waals surface area contributed by atoms with E-state index < -0.39 is 11.6 Å². The second-order valence-electron chi connectivity index (χ2n) is 5.86. The van der Waals surface area contributed by atoms with Crippen LogP contribution in [0, 0.1) is 0 Å². The van der Waals surface area contributed by atoms with Gasteiger partial charge < -0.3 is 4.74 Å². The van der Waals surface area contributed by atoms with Crippen LogP contribution in [0.15, 0.2) is 59.6 Å². The largest absolute Gasteiger partial charge is 0.466 e. The van der Waals surface area contributed by atoms with E-state index in [1.807, 2.05) is 62.4 Å². The Balaban J connectivity index is 2.21. The van der Waals surface area contributed by atoms with Crippen LogP contribution in [-0.4, -0.2) is 17.8 Å². The van der Waals surface area contributed by atoms with E-state index in [-0.39, 0.29) is 5.78 Å². The number of hydrogen-bond acceptors (Lipinski definition) is 3. The SMILES string of the molecule is CCC1OC(c2ccccc2)=NC(CC)(c2ccccc2Cl)C1=O. The minimum atomic E-state index is -0.998. The summed E-state index contributed by atoms with van der Waals surface area (Å²) in [6.07, 6.45) is 0.608. The molecule has 0 aliphatic carbocycles. The first kappa shape index (κ1) is 16.7. The third-order valence-electron chi connectivity index (χ3n) is 4.47. The number of nitrogens with zero attached hydrogens (tertiary/aromatic N) is 1. The van der Waals surface area contributed by atoms with Crippen LogP contribution in [0.1, 0.15) is 37.8 Å². The lowest BCUT2D eigenvalue weighted by atomic mass is 9.80. The predicted octanol–water partition coefficient (Wildman–Crippen LogP) is 4.77. The van der Waals surface area contributed by atoms with Crippen molar-refractivity contribution >= 4 is 23.3 Å². The highest BCUT2D eigenvalue weighted by molar-refractivity contribution is 6.32. The van der Waals surface area contributed by atoms with Gasteiger partial charge in [0.05, 0.1) is 0 Å². The maximum Gasteiger partial charge on any atom is 0.218 e. The molecule has 0 spiro atoms. The smallest absolute Gasteiger partial charge is 0.218 e. The fourth-order valence-electron chi connectivity index (χ4n) is 3.12. The van der Waals surface area contributed by atoms with Crippen molar-refractivity contribution in [3.8, 4) is 0 Å². The van der Waals surface area contributed by atoms with Crippen molar-refractivity contribution < 1.29 is 9.53 Å². The van der Waals surface area contributed by atoms with Gasteiger partial charge in [0.1, 0.15) is 0 Å². The highest BCUT2D eigenvalue weighted by Gasteiger charge is 2.47. The van der Waals surface area contributed by atoms with Gasteiger partial charge in [-0.25, -0.2) is 4.99 Å². The maximum absolute atomic E-state index is 13.1. The second kappa shape index (κ2) is 6.78. The molecule has 0 N–H and O–H groups in total. The van der Waals surface area contributed by atoms with Gasteiger partial charge in [-0.2, -0.15) is 0 Å². The summed E-state index contributed by atoms with van der Waals surface area (Å²) in [7, 11) is 0. The second-order valence-corrected chi connectivity index (χ2v) is 6.26. The molecule has 3 nitrogen and oxygen atoms in total. The lowest BCUT2D eigenvalue weighted by Gasteiger charge is -2.37. The van der Waals surface area contributed by atoms with Crippen LogP contribution >= 0.6 is 11.6 Å². The number of hydrogen-bond donors (Lipinski definition) is 0. The monoisotopic (exact) mass is 341 g/mol. The van der Waals surface area contributed by atoms with Gasteiger partial charge in [-0.05, 0) is 31.0 Å². The molecule has 4 heteroatoms. The molecular weight excluding hydrogens is 322 g/mol. The molecule has 3 rings (SSSR count). The quantitative estimate of drug-likeness (QED) is 0.803. The molecule has 24 heavy (non-hydrogen) atoms. The Labute approximate surface area is 147 Å². The molecule has 2 aromatic carbocycles. The summed E-state index contributed by atoms with van der Waals surface area (Å²) in [6.45, 7) is 3.91. The Hall–Kier alpha value is -2.13. The highest BCUT2D eigenvalue weighted by atomic mass is 35.5. The molecule has 0 radical (unpaired) electrons. The summed E-state index contributed by atoms with van der Waals surface area (Å²) in [6, 6.07) is 17.1.